The molecule has 0 aliphatic heterocycles. The monoisotopic (exact) mass is 304 g/mol. The lowest BCUT2D eigenvalue weighted by molar-refractivity contribution is 0.408. The summed E-state index contributed by atoms with van der Waals surface area (Å²) in [5.41, 5.74) is 5.19. The Kier molecular flexibility index (Phi) is 4.10. The molecule has 0 spiro atoms. The van der Waals surface area contributed by atoms with Crippen molar-refractivity contribution in [1.82, 2.24) is 0 Å². The Morgan fingerprint density at radius 2 is 1.48 bits per heavy atom. The lowest BCUT2D eigenvalue weighted by Gasteiger charge is -2.13. The van der Waals surface area contributed by atoms with Gasteiger partial charge in [0.25, 0.3) is 0 Å². The first-order valence-electron chi connectivity index (χ1n) is 6.70. The van der Waals surface area contributed by atoms with Crippen molar-refractivity contribution in [3.8, 4) is 16.9 Å². The van der Waals surface area contributed by atoms with E-state index in [1.165, 1.54) is 6.26 Å². The average Bonchev–Trinajstić information content (AvgIpc) is 2.37. The molecule has 0 radical (unpaired) electrons. The number of hydrogen-bond acceptors (Lipinski definition) is 3. The Morgan fingerprint density at radius 1 is 0.905 bits per heavy atom. The standard InChI is InChI=1S/C17H20O3S/c1-11-10-15(21(5,18)19)6-7-16(11)14-8-12(2)17(20-4)13(3)9-14/h6-10H,1-5H3. The van der Waals surface area contributed by atoms with Gasteiger partial charge in [0, 0.05) is 6.26 Å². The number of methoxy groups -OCH3 is 1. The van der Waals surface area contributed by atoms with E-state index in [4.69, 9.17) is 4.74 Å². The predicted octanol–water partition coefficient (Wildman–Crippen LogP) is 3.69. The van der Waals surface area contributed by atoms with Gasteiger partial charge in [0.15, 0.2) is 9.84 Å². The predicted molar refractivity (Wildman–Crippen MR) is 85.8 cm³/mol. The van der Waals surface area contributed by atoms with Crippen molar-refractivity contribution >= 4 is 9.84 Å². The first-order valence-corrected chi connectivity index (χ1v) is 8.59. The van der Waals surface area contributed by atoms with Crippen LogP contribution in [0.3, 0.4) is 0 Å². The molecule has 0 atom stereocenters. The highest BCUT2D eigenvalue weighted by molar-refractivity contribution is 7.90. The van der Waals surface area contributed by atoms with Crippen molar-refractivity contribution < 1.29 is 13.2 Å². The van der Waals surface area contributed by atoms with E-state index in [-0.39, 0.29) is 0 Å². The molecule has 0 unspecified atom stereocenters. The van der Waals surface area contributed by atoms with Crippen LogP contribution >= 0.6 is 0 Å². The first-order chi connectivity index (χ1) is 9.74. The molecule has 0 saturated carbocycles. The molecule has 21 heavy (non-hydrogen) atoms. The van der Waals surface area contributed by atoms with Gasteiger partial charge in [0.2, 0.25) is 0 Å². The molecule has 0 bridgehead atoms. The number of hydrogen-bond donors (Lipinski definition) is 0. The highest BCUT2D eigenvalue weighted by Crippen LogP contribution is 2.32. The zero-order valence-corrected chi connectivity index (χ0v) is 13.8. The molecular weight excluding hydrogens is 284 g/mol. The van der Waals surface area contributed by atoms with Gasteiger partial charge >= 0.3 is 0 Å². The number of rotatable bonds is 3. The van der Waals surface area contributed by atoms with Crippen LogP contribution in [0.15, 0.2) is 35.2 Å². The Labute approximate surface area is 126 Å². The number of aryl methyl sites for hydroxylation is 3. The third-order valence-electron chi connectivity index (χ3n) is 3.60. The van der Waals surface area contributed by atoms with Crippen LogP contribution in [0.5, 0.6) is 5.75 Å². The molecule has 4 heteroatoms. The largest absolute Gasteiger partial charge is 0.496 e. The van der Waals surface area contributed by atoms with Crippen molar-refractivity contribution in [3.63, 3.8) is 0 Å². The first kappa shape index (κ1) is 15.6. The summed E-state index contributed by atoms with van der Waals surface area (Å²) in [5, 5.41) is 0. The van der Waals surface area contributed by atoms with Crippen LogP contribution < -0.4 is 4.74 Å². The second-order valence-electron chi connectivity index (χ2n) is 5.39. The van der Waals surface area contributed by atoms with E-state index >= 15 is 0 Å². The van der Waals surface area contributed by atoms with Crippen LogP contribution in [-0.4, -0.2) is 21.8 Å². The van der Waals surface area contributed by atoms with Gasteiger partial charge in [0.05, 0.1) is 12.0 Å². The van der Waals surface area contributed by atoms with Gasteiger partial charge in [-0.3, -0.25) is 0 Å². The van der Waals surface area contributed by atoms with Gasteiger partial charge in [-0.25, -0.2) is 8.42 Å². The van der Waals surface area contributed by atoms with Crippen molar-refractivity contribution in [2.24, 2.45) is 0 Å². The second kappa shape index (κ2) is 5.53. The van der Waals surface area contributed by atoms with E-state index < -0.39 is 9.84 Å². The lowest BCUT2D eigenvalue weighted by Crippen LogP contribution is -1.98. The fourth-order valence-electron chi connectivity index (χ4n) is 2.62. The maximum Gasteiger partial charge on any atom is 0.175 e. The van der Waals surface area contributed by atoms with Crippen LogP contribution in [0.25, 0.3) is 11.1 Å². The molecular formula is C17H20O3S. The number of benzene rings is 2. The van der Waals surface area contributed by atoms with E-state index in [1.807, 2.05) is 26.8 Å². The topological polar surface area (TPSA) is 43.4 Å². The molecule has 112 valence electrons. The highest BCUT2D eigenvalue weighted by Gasteiger charge is 2.12. The SMILES string of the molecule is COc1c(C)cc(-c2ccc(S(C)(=O)=O)cc2C)cc1C. The molecule has 0 aromatic heterocycles. The summed E-state index contributed by atoms with van der Waals surface area (Å²) < 4.78 is 28.6. The van der Waals surface area contributed by atoms with Gasteiger partial charge in [-0.15, -0.1) is 0 Å². The molecule has 0 heterocycles. The van der Waals surface area contributed by atoms with E-state index in [9.17, 15) is 8.42 Å². The van der Waals surface area contributed by atoms with E-state index in [0.717, 1.165) is 33.6 Å². The Bertz CT molecular complexity index is 767. The van der Waals surface area contributed by atoms with Crippen molar-refractivity contribution in [3.05, 3.63) is 47.0 Å². The molecule has 0 aliphatic carbocycles. The van der Waals surface area contributed by atoms with E-state index in [0.29, 0.717) is 4.90 Å². The summed E-state index contributed by atoms with van der Waals surface area (Å²) in [5.74, 6) is 0.893. The third kappa shape index (κ3) is 3.10. The second-order valence-corrected chi connectivity index (χ2v) is 7.41. The molecule has 0 aliphatic rings. The van der Waals surface area contributed by atoms with Crippen LogP contribution in [0.2, 0.25) is 0 Å². The van der Waals surface area contributed by atoms with Crippen molar-refractivity contribution in [2.75, 3.05) is 13.4 Å². The van der Waals surface area contributed by atoms with Gasteiger partial charge in [-0.05, 0) is 72.9 Å². The van der Waals surface area contributed by atoms with Crippen LogP contribution in [0.4, 0.5) is 0 Å². The van der Waals surface area contributed by atoms with E-state index in [2.05, 4.69) is 12.1 Å². The molecule has 0 amide bonds. The molecule has 2 rings (SSSR count). The fourth-order valence-corrected chi connectivity index (χ4v) is 3.32. The minimum atomic E-state index is -3.17. The summed E-state index contributed by atoms with van der Waals surface area (Å²) in [7, 11) is -1.50. The van der Waals surface area contributed by atoms with Crippen molar-refractivity contribution in [1.29, 1.82) is 0 Å². The molecule has 0 fully saturated rings. The normalized spacial score (nSPS) is 11.5. The van der Waals surface area contributed by atoms with Gasteiger partial charge in [0.1, 0.15) is 5.75 Å². The summed E-state index contributed by atoms with van der Waals surface area (Å²) in [6, 6.07) is 9.38. The van der Waals surface area contributed by atoms with E-state index in [1.54, 1.807) is 19.2 Å². The van der Waals surface area contributed by atoms with Gasteiger partial charge in [-0.2, -0.15) is 0 Å². The zero-order chi connectivity index (χ0) is 15.8. The smallest absolute Gasteiger partial charge is 0.175 e. The van der Waals surface area contributed by atoms with Crippen LogP contribution in [0.1, 0.15) is 16.7 Å². The summed E-state index contributed by atoms with van der Waals surface area (Å²) in [4.78, 5) is 0.353. The maximum absolute atomic E-state index is 11.6. The summed E-state index contributed by atoms with van der Waals surface area (Å²) >= 11 is 0. The van der Waals surface area contributed by atoms with Crippen LogP contribution in [0, 0.1) is 20.8 Å². The Hall–Kier alpha value is -1.81. The van der Waals surface area contributed by atoms with Gasteiger partial charge < -0.3 is 4.74 Å². The molecule has 2 aromatic rings. The zero-order valence-electron chi connectivity index (χ0n) is 13.0. The van der Waals surface area contributed by atoms with Crippen LogP contribution in [-0.2, 0) is 9.84 Å². The average molecular weight is 304 g/mol. The summed E-state index contributed by atoms with van der Waals surface area (Å²) in [6.45, 7) is 5.95. The minimum Gasteiger partial charge on any atom is -0.496 e. The highest BCUT2D eigenvalue weighted by atomic mass is 32.2. The maximum atomic E-state index is 11.6. The Morgan fingerprint density at radius 3 is 1.90 bits per heavy atom. The third-order valence-corrected chi connectivity index (χ3v) is 4.71. The number of ether oxygens (including phenoxy) is 1. The quantitative estimate of drug-likeness (QED) is 0.868. The Balaban J connectivity index is 2.58. The molecule has 0 N–H and O–H groups in total. The number of sulfone groups is 1. The molecule has 0 saturated heterocycles. The minimum absolute atomic E-state index is 0.353. The fraction of sp³-hybridized carbons (Fsp3) is 0.294. The lowest BCUT2D eigenvalue weighted by atomic mass is 9.96. The van der Waals surface area contributed by atoms with Crippen molar-refractivity contribution in [2.45, 2.75) is 25.7 Å². The van der Waals surface area contributed by atoms with Gasteiger partial charge in [-0.1, -0.05) is 6.07 Å². The molecule has 2 aromatic carbocycles. The molecule has 3 nitrogen and oxygen atoms in total. The summed E-state index contributed by atoms with van der Waals surface area (Å²) in [6.07, 6.45) is 1.23.